The van der Waals surface area contributed by atoms with E-state index in [1.807, 2.05) is 6.07 Å². The predicted molar refractivity (Wildman–Crippen MR) is 88.3 cm³/mol. The Bertz CT molecular complexity index is 726. The van der Waals surface area contributed by atoms with E-state index in [-0.39, 0.29) is 23.9 Å². The van der Waals surface area contributed by atoms with Crippen LogP contribution in [-0.2, 0) is 21.4 Å². The van der Waals surface area contributed by atoms with E-state index in [4.69, 9.17) is 0 Å². The van der Waals surface area contributed by atoms with Crippen LogP contribution in [0.5, 0.6) is 0 Å². The third kappa shape index (κ3) is 2.79. The molecule has 1 saturated carbocycles. The quantitative estimate of drug-likeness (QED) is 0.827. The number of likely N-dealkylation sites (N-methyl/N-ethyl adjacent to an activating group) is 1. The van der Waals surface area contributed by atoms with E-state index >= 15 is 0 Å². The molecular formula is C17H24N4O4. The largest absolute Gasteiger partial charge is 0.481 e. The number of hydrogen-bond acceptors (Lipinski definition) is 4. The van der Waals surface area contributed by atoms with Crippen LogP contribution in [0.25, 0.3) is 0 Å². The number of aryl methyl sites for hydroxylation is 1. The lowest BCUT2D eigenvalue weighted by molar-refractivity contribution is -0.140. The Balaban J connectivity index is 1.81. The minimum absolute atomic E-state index is 0.0202. The third-order valence-electron chi connectivity index (χ3n) is 5.73. The minimum atomic E-state index is -0.940. The Labute approximate surface area is 146 Å². The maximum Gasteiger partial charge on any atom is 0.307 e. The van der Waals surface area contributed by atoms with E-state index < -0.39 is 23.2 Å². The van der Waals surface area contributed by atoms with Gasteiger partial charge in [-0.1, -0.05) is 13.8 Å². The van der Waals surface area contributed by atoms with Crippen molar-refractivity contribution in [2.24, 2.45) is 24.3 Å². The molecule has 1 aliphatic carbocycles. The van der Waals surface area contributed by atoms with Gasteiger partial charge in [0.25, 0.3) is 0 Å². The molecule has 0 bridgehead atoms. The first kappa shape index (κ1) is 17.4. The summed E-state index contributed by atoms with van der Waals surface area (Å²) >= 11 is 0. The normalized spacial score (nSPS) is 30.9. The highest BCUT2D eigenvalue weighted by Crippen LogP contribution is 2.58. The van der Waals surface area contributed by atoms with Gasteiger partial charge in [-0.3, -0.25) is 19.1 Å². The molecule has 8 heteroatoms. The molecule has 2 N–H and O–H groups in total. The van der Waals surface area contributed by atoms with Crippen molar-refractivity contribution in [2.75, 3.05) is 7.05 Å². The molecule has 136 valence electrons. The first-order chi connectivity index (χ1) is 11.7. The van der Waals surface area contributed by atoms with Crippen molar-refractivity contribution in [1.29, 1.82) is 0 Å². The highest BCUT2D eigenvalue weighted by molar-refractivity contribution is 5.92. The van der Waals surface area contributed by atoms with Crippen LogP contribution in [0.3, 0.4) is 0 Å². The van der Waals surface area contributed by atoms with E-state index in [2.05, 4.69) is 10.4 Å². The SMILES string of the molecule is CN1C(=O)CC[C@@H](NC(=O)[C@@H]2[C@H](C(=O)O)C2(C)C)[C@@H]1c1ccnn1C. The van der Waals surface area contributed by atoms with Crippen molar-refractivity contribution < 1.29 is 19.5 Å². The molecule has 1 aliphatic heterocycles. The Morgan fingerprint density at radius 2 is 2.00 bits per heavy atom. The monoisotopic (exact) mass is 348 g/mol. The molecule has 4 atom stereocenters. The van der Waals surface area contributed by atoms with Gasteiger partial charge in [0.2, 0.25) is 11.8 Å². The summed E-state index contributed by atoms with van der Waals surface area (Å²) < 4.78 is 1.69. The zero-order chi connectivity index (χ0) is 18.5. The van der Waals surface area contributed by atoms with Crippen LogP contribution in [0.15, 0.2) is 12.3 Å². The third-order valence-corrected chi connectivity index (χ3v) is 5.73. The highest BCUT2D eigenvalue weighted by atomic mass is 16.4. The van der Waals surface area contributed by atoms with Gasteiger partial charge in [-0.05, 0) is 17.9 Å². The van der Waals surface area contributed by atoms with Gasteiger partial charge in [0.1, 0.15) is 0 Å². The lowest BCUT2D eigenvalue weighted by Gasteiger charge is -2.39. The van der Waals surface area contributed by atoms with Gasteiger partial charge in [0.15, 0.2) is 0 Å². The maximum absolute atomic E-state index is 12.7. The molecule has 2 fully saturated rings. The zero-order valence-corrected chi connectivity index (χ0v) is 14.9. The Hall–Kier alpha value is -2.38. The summed E-state index contributed by atoms with van der Waals surface area (Å²) in [5.41, 5.74) is 0.291. The van der Waals surface area contributed by atoms with Crippen molar-refractivity contribution in [1.82, 2.24) is 20.0 Å². The second-order valence-electron chi connectivity index (χ2n) is 7.60. The fourth-order valence-electron chi connectivity index (χ4n) is 4.13. The first-order valence-electron chi connectivity index (χ1n) is 8.43. The topological polar surface area (TPSA) is 105 Å². The van der Waals surface area contributed by atoms with E-state index in [0.717, 1.165) is 5.69 Å². The number of carbonyl (C=O) groups is 3. The summed E-state index contributed by atoms with van der Waals surface area (Å²) in [5, 5.41) is 16.4. The van der Waals surface area contributed by atoms with Gasteiger partial charge in [0.05, 0.1) is 29.6 Å². The summed E-state index contributed by atoms with van der Waals surface area (Å²) in [5.74, 6) is -2.38. The molecule has 1 aromatic heterocycles. The number of rotatable bonds is 4. The van der Waals surface area contributed by atoms with Crippen molar-refractivity contribution in [2.45, 2.75) is 38.8 Å². The molecule has 1 aromatic rings. The maximum atomic E-state index is 12.7. The lowest BCUT2D eigenvalue weighted by atomic mass is 9.93. The second-order valence-corrected chi connectivity index (χ2v) is 7.60. The summed E-state index contributed by atoms with van der Waals surface area (Å²) in [6.07, 6.45) is 2.54. The number of likely N-dealkylation sites (tertiary alicyclic amines) is 1. The molecule has 0 aromatic carbocycles. The van der Waals surface area contributed by atoms with Crippen LogP contribution in [-0.4, -0.2) is 50.7 Å². The van der Waals surface area contributed by atoms with E-state index in [1.54, 1.807) is 43.7 Å². The van der Waals surface area contributed by atoms with E-state index in [0.29, 0.717) is 12.8 Å². The summed E-state index contributed by atoms with van der Waals surface area (Å²) in [7, 11) is 3.52. The van der Waals surface area contributed by atoms with Crippen LogP contribution in [0.2, 0.25) is 0 Å². The molecule has 3 rings (SSSR count). The van der Waals surface area contributed by atoms with Crippen molar-refractivity contribution in [3.63, 3.8) is 0 Å². The van der Waals surface area contributed by atoms with E-state index in [9.17, 15) is 19.5 Å². The number of aliphatic carboxylic acids is 1. The molecule has 2 amide bonds. The molecule has 8 nitrogen and oxygen atoms in total. The predicted octanol–water partition coefficient (Wildman–Crippen LogP) is 0.555. The molecule has 1 saturated heterocycles. The summed E-state index contributed by atoms with van der Waals surface area (Å²) in [6.45, 7) is 3.59. The standard InChI is InChI=1S/C17H24N4O4/c1-17(2)12(13(17)16(24)25)15(23)19-9-5-6-11(22)20(3)14(9)10-7-8-18-21(10)4/h7-9,12-14H,5-6H2,1-4H3,(H,19,23)(H,24,25)/t9-,12+,13-,14-/m1/s1. The van der Waals surface area contributed by atoms with Gasteiger partial charge < -0.3 is 15.3 Å². The Morgan fingerprint density at radius 1 is 1.32 bits per heavy atom. The van der Waals surface area contributed by atoms with Gasteiger partial charge in [0, 0.05) is 26.7 Å². The summed E-state index contributed by atoms with van der Waals surface area (Å²) in [4.78, 5) is 37.8. The summed E-state index contributed by atoms with van der Waals surface area (Å²) in [6, 6.07) is 1.25. The fraction of sp³-hybridized carbons (Fsp3) is 0.647. The highest BCUT2D eigenvalue weighted by Gasteiger charge is 2.66. The van der Waals surface area contributed by atoms with Gasteiger partial charge in [-0.25, -0.2) is 0 Å². The molecule has 0 spiro atoms. The average Bonchev–Trinajstić information content (AvgIpc) is 2.87. The molecule has 0 radical (unpaired) electrons. The van der Waals surface area contributed by atoms with Gasteiger partial charge in [-0.2, -0.15) is 5.10 Å². The Kier molecular flexibility index (Phi) is 4.09. The van der Waals surface area contributed by atoms with Crippen LogP contribution < -0.4 is 5.32 Å². The van der Waals surface area contributed by atoms with E-state index in [1.165, 1.54) is 0 Å². The number of carboxylic acids is 1. The number of nitrogens with one attached hydrogen (secondary N) is 1. The van der Waals surface area contributed by atoms with Crippen molar-refractivity contribution in [3.05, 3.63) is 18.0 Å². The molecule has 25 heavy (non-hydrogen) atoms. The first-order valence-corrected chi connectivity index (χ1v) is 8.43. The molecular weight excluding hydrogens is 324 g/mol. The van der Waals surface area contributed by atoms with Crippen molar-refractivity contribution >= 4 is 17.8 Å². The smallest absolute Gasteiger partial charge is 0.307 e. The second kappa shape index (κ2) is 5.86. The number of piperidine rings is 1. The molecule has 0 unspecified atom stereocenters. The number of hydrogen-bond donors (Lipinski definition) is 2. The number of aromatic nitrogens is 2. The minimum Gasteiger partial charge on any atom is -0.481 e. The van der Waals surface area contributed by atoms with Gasteiger partial charge in [-0.15, -0.1) is 0 Å². The lowest BCUT2D eigenvalue weighted by Crippen LogP contribution is -2.51. The van der Waals surface area contributed by atoms with Crippen molar-refractivity contribution in [3.8, 4) is 0 Å². The molecule has 2 heterocycles. The van der Waals surface area contributed by atoms with Gasteiger partial charge >= 0.3 is 5.97 Å². The van der Waals surface area contributed by atoms with Crippen LogP contribution in [0, 0.1) is 17.3 Å². The number of amides is 2. The van der Waals surface area contributed by atoms with Crippen LogP contribution >= 0.6 is 0 Å². The van der Waals surface area contributed by atoms with Crippen LogP contribution in [0.4, 0.5) is 0 Å². The Morgan fingerprint density at radius 3 is 2.52 bits per heavy atom. The number of carboxylic acid groups (broad SMARTS) is 1. The number of nitrogens with zero attached hydrogens (tertiary/aromatic N) is 3. The number of carbonyl (C=O) groups excluding carboxylic acids is 2. The fourth-order valence-corrected chi connectivity index (χ4v) is 4.13. The average molecular weight is 348 g/mol. The van der Waals surface area contributed by atoms with Crippen LogP contribution in [0.1, 0.15) is 38.4 Å². The zero-order valence-electron chi connectivity index (χ0n) is 14.9. The molecule has 2 aliphatic rings.